The maximum atomic E-state index is 14.5. The molecule has 0 aliphatic carbocycles. The molecule has 8 nitrogen and oxygen atoms in total. The molecule has 0 fully saturated rings. The number of ether oxygens (including phenoxy) is 2. The Balaban J connectivity index is 1.81. The van der Waals surface area contributed by atoms with Crippen LogP contribution in [0.2, 0.25) is 0 Å². The third kappa shape index (κ3) is 5.14. The number of para-hydroxylation sites is 1. The SMILES string of the molecule is COc1ccc(OC)c(-c2nn(-c3ccccc3)cc2C(=O)Nc2cc(NC(C)=O)ccc2F)c1. The van der Waals surface area contributed by atoms with Gasteiger partial charge < -0.3 is 20.1 Å². The zero-order valence-electron chi connectivity index (χ0n) is 19.3. The first-order valence-electron chi connectivity index (χ1n) is 10.7. The van der Waals surface area contributed by atoms with E-state index in [9.17, 15) is 14.0 Å². The average molecular weight is 474 g/mol. The summed E-state index contributed by atoms with van der Waals surface area (Å²) in [6, 6.07) is 18.4. The molecule has 178 valence electrons. The molecule has 4 rings (SSSR count). The molecule has 0 unspecified atom stereocenters. The molecule has 1 heterocycles. The molecule has 35 heavy (non-hydrogen) atoms. The normalized spacial score (nSPS) is 10.5. The molecule has 0 atom stereocenters. The predicted octanol–water partition coefficient (Wildman–Crippen LogP) is 4.91. The topological polar surface area (TPSA) is 94.5 Å². The number of hydrogen-bond acceptors (Lipinski definition) is 5. The lowest BCUT2D eigenvalue weighted by Gasteiger charge is -2.11. The first-order valence-corrected chi connectivity index (χ1v) is 10.7. The lowest BCUT2D eigenvalue weighted by Crippen LogP contribution is -2.14. The second-order valence-electron chi connectivity index (χ2n) is 7.57. The largest absolute Gasteiger partial charge is 0.497 e. The second-order valence-corrected chi connectivity index (χ2v) is 7.57. The van der Waals surface area contributed by atoms with Crippen LogP contribution < -0.4 is 20.1 Å². The number of nitrogens with one attached hydrogen (secondary N) is 2. The van der Waals surface area contributed by atoms with E-state index in [0.717, 1.165) is 5.69 Å². The Labute approximate surface area is 201 Å². The van der Waals surface area contributed by atoms with Crippen molar-refractivity contribution < 1.29 is 23.5 Å². The molecule has 1 aromatic heterocycles. The summed E-state index contributed by atoms with van der Waals surface area (Å²) in [6.07, 6.45) is 1.56. The van der Waals surface area contributed by atoms with Gasteiger partial charge >= 0.3 is 0 Å². The minimum atomic E-state index is -0.650. The summed E-state index contributed by atoms with van der Waals surface area (Å²) in [5.41, 5.74) is 2.03. The number of methoxy groups -OCH3 is 2. The van der Waals surface area contributed by atoms with E-state index in [-0.39, 0.29) is 17.2 Å². The predicted molar refractivity (Wildman–Crippen MR) is 131 cm³/mol. The summed E-state index contributed by atoms with van der Waals surface area (Å²) in [6.45, 7) is 1.34. The van der Waals surface area contributed by atoms with Crippen molar-refractivity contribution in [1.29, 1.82) is 0 Å². The van der Waals surface area contributed by atoms with E-state index >= 15 is 0 Å². The third-order valence-electron chi connectivity index (χ3n) is 5.18. The summed E-state index contributed by atoms with van der Waals surface area (Å²) in [4.78, 5) is 24.8. The van der Waals surface area contributed by atoms with Gasteiger partial charge in [0, 0.05) is 24.4 Å². The van der Waals surface area contributed by atoms with Crippen LogP contribution in [0, 0.1) is 5.82 Å². The Bertz CT molecular complexity index is 1390. The molecule has 3 aromatic carbocycles. The molecule has 0 bridgehead atoms. The minimum absolute atomic E-state index is 0.0859. The maximum Gasteiger partial charge on any atom is 0.259 e. The Hall–Kier alpha value is -4.66. The van der Waals surface area contributed by atoms with Gasteiger partial charge in [-0.25, -0.2) is 9.07 Å². The van der Waals surface area contributed by atoms with Crippen molar-refractivity contribution in [1.82, 2.24) is 9.78 Å². The fourth-order valence-corrected chi connectivity index (χ4v) is 3.54. The molecule has 2 N–H and O–H groups in total. The quantitative estimate of drug-likeness (QED) is 0.397. The number of hydrogen-bond donors (Lipinski definition) is 2. The minimum Gasteiger partial charge on any atom is -0.497 e. The van der Waals surface area contributed by atoms with Crippen molar-refractivity contribution >= 4 is 23.2 Å². The number of halogens is 1. The summed E-state index contributed by atoms with van der Waals surface area (Å²) in [5.74, 6) is -0.521. The van der Waals surface area contributed by atoms with Crippen LogP contribution in [0.1, 0.15) is 17.3 Å². The molecule has 9 heteroatoms. The first-order chi connectivity index (χ1) is 16.9. The number of rotatable bonds is 7. The van der Waals surface area contributed by atoms with Crippen molar-refractivity contribution in [3.05, 3.63) is 84.3 Å². The fourth-order valence-electron chi connectivity index (χ4n) is 3.54. The molecular formula is C26H23FN4O4. The fraction of sp³-hybridized carbons (Fsp3) is 0.115. The average Bonchev–Trinajstić information content (AvgIpc) is 3.31. The highest BCUT2D eigenvalue weighted by atomic mass is 19.1. The van der Waals surface area contributed by atoms with Crippen LogP contribution in [0.5, 0.6) is 11.5 Å². The van der Waals surface area contributed by atoms with Crippen LogP contribution in [0.3, 0.4) is 0 Å². The summed E-state index contributed by atoms with van der Waals surface area (Å²) >= 11 is 0. The monoisotopic (exact) mass is 474 g/mol. The van der Waals surface area contributed by atoms with Gasteiger partial charge in [-0.2, -0.15) is 5.10 Å². The number of benzene rings is 3. The number of nitrogens with zero attached hydrogens (tertiary/aromatic N) is 2. The van der Waals surface area contributed by atoms with Crippen LogP contribution >= 0.6 is 0 Å². The lowest BCUT2D eigenvalue weighted by molar-refractivity contribution is -0.114. The van der Waals surface area contributed by atoms with Gasteiger partial charge in [-0.1, -0.05) is 18.2 Å². The number of amides is 2. The number of anilines is 2. The van der Waals surface area contributed by atoms with E-state index in [0.29, 0.717) is 28.4 Å². The van der Waals surface area contributed by atoms with E-state index in [1.165, 1.54) is 39.3 Å². The molecule has 0 aliphatic heterocycles. The Kier molecular flexibility index (Phi) is 6.77. The van der Waals surface area contributed by atoms with Gasteiger partial charge in [-0.05, 0) is 48.5 Å². The highest BCUT2D eigenvalue weighted by Gasteiger charge is 2.23. The van der Waals surface area contributed by atoms with Gasteiger partial charge in [0.15, 0.2) is 0 Å². The molecule has 0 spiro atoms. The molecule has 2 amide bonds. The van der Waals surface area contributed by atoms with Crippen molar-refractivity contribution in [2.75, 3.05) is 24.9 Å². The van der Waals surface area contributed by atoms with Gasteiger partial charge in [0.25, 0.3) is 5.91 Å². The third-order valence-corrected chi connectivity index (χ3v) is 5.18. The zero-order valence-corrected chi connectivity index (χ0v) is 19.3. The van der Waals surface area contributed by atoms with Crippen LogP contribution in [0.4, 0.5) is 15.8 Å². The van der Waals surface area contributed by atoms with Crippen LogP contribution in [-0.2, 0) is 4.79 Å². The van der Waals surface area contributed by atoms with Gasteiger partial charge in [0.1, 0.15) is 23.0 Å². The van der Waals surface area contributed by atoms with E-state index in [2.05, 4.69) is 15.7 Å². The maximum absolute atomic E-state index is 14.5. The van der Waals surface area contributed by atoms with Crippen molar-refractivity contribution in [2.45, 2.75) is 6.92 Å². The highest BCUT2D eigenvalue weighted by molar-refractivity contribution is 6.08. The Morgan fingerprint density at radius 2 is 1.71 bits per heavy atom. The van der Waals surface area contributed by atoms with E-state index < -0.39 is 11.7 Å². The summed E-state index contributed by atoms with van der Waals surface area (Å²) in [5, 5.41) is 9.81. The molecule has 0 saturated carbocycles. The van der Waals surface area contributed by atoms with Crippen LogP contribution in [0.25, 0.3) is 16.9 Å². The number of aromatic nitrogens is 2. The standard InChI is InChI=1S/C26H23FN4O4/c1-16(32)28-17-9-11-22(27)23(13-17)29-26(33)21-15-31(18-7-5-4-6-8-18)30-25(21)20-14-19(34-2)10-12-24(20)35-3/h4-15H,1-3H3,(H,28,32)(H,29,33). The molecule has 4 aromatic rings. The smallest absolute Gasteiger partial charge is 0.259 e. The van der Waals surface area contributed by atoms with Crippen molar-refractivity contribution in [3.8, 4) is 28.4 Å². The Morgan fingerprint density at radius 3 is 2.40 bits per heavy atom. The Morgan fingerprint density at radius 1 is 0.943 bits per heavy atom. The molecule has 0 saturated heterocycles. The highest BCUT2D eigenvalue weighted by Crippen LogP contribution is 2.35. The van der Waals surface area contributed by atoms with Gasteiger partial charge in [0.2, 0.25) is 5.91 Å². The van der Waals surface area contributed by atoms with E-state index in [1.807, 2.05) is 30.3 Å². The van der Waals surface area contributed by atoms with Gasteiger partial charge in [-0.3, -0.25) is 9.59 Å². The zero-order chi connectivity index (χ0) is 24.9. The summed E-state index contributed by atoms with van der Waals surface area (Å²) < 4.78 is 26.9. The van der Waals surface area contributed by atoms with Crippen LogP contribution in [0.15, 0.2) is 72.9 Å². The molecule has 0 radical (unpaired) electrons. The number of carbonyl (C=O) groups is 2. The van der Waals surface area contributed by atoms with Crippen molar-refractivity contribution in [3.63, 3.8) is 0 Å². The van der Waals surface area contributed by atoms with E-state index in [4.69, 9.17) is 9.47 Å². The van der Waals surface area contributed by atoms with Gasteiger partial charge in [-0.15, -0.1) is 0 Å². The molecular weight excluding hydrogens is 451 g/mol. The lowest BCUT2D eigenvalue weighted by atomic mass is 10.1. The van der Waals surface area contributed by atoms with Gasteiger partial charge in [0.05, 0.1) is 31.2 Å². The number of carbonyl (C=O) groups excluding carboxylic acids is 2. The van der Waals surface area contributed by atoms with E-state index in [1.54, 1.807) is 29.1 Å². The first kappa shape index (κ1) is 23.5. The molecule has 0 aliphatic rings. The van der Waals surface area contributed by atoms with Crippen molar-refractivity contribution in [2.24, 2.45) is 0 Å². The second kappa shape index (κ2) is 10.1. The summed E-state index contributed by atoms with van der Waals surface area (Å²) in [7, 11) is 3.05. The van der Waals surface area contributed by atoms with Crippen LogP contribution in [-0.4, -0.2) is 35.8 Å².